The van der Waals surface area contributed by atoms with E-state index in [0.29, 0.717) is 6.54 Å². The van der Waals surface area contributed by atoms with Crippen LogP contribution in [0.25, 0.3) is 0 Å². The number of aliphatic carboxylic acids is 1. The van der Waals surface area contributed by atoms with E-state index in [2.05, 4.69) is 21.2 Å². The van der Waals surface area contributed by atoms with Gasteiger partial charge in [0.15, 0.2) is 0 Å². The number of hydrogen-bond donors (Lipinski definition) is 2. The van der Waals surface area contributed by atoms with Gasteiger partial charge in [-0.3, -0.25) is 9.59 Å². The van der Waals surface area contributed by atoms with E-state index in [0.717, 1.165) is 17.3 Å². The van der Waals surface area contributed by atoms with E-state index < -0.39 is 17.8 Å². The number of carbonyl (C=O) groups is 2. The molecule has 1 atom stereocenters. The zero-order chi connectivity index (χ0) is 14.0. The summed E-state index contributed by atoms with van der Waals surface area (Å²) in [6.45, 7) is 1.89. The van der Waals surface area contributed by atoms with Crippen molar-refractivity contribution in [3.63, 3.8) is 0 Å². The van der Waals surface area contributed by atoms with E-state index >= 15 is 0 Å². The highest BCUT2D eigenvalue weighted by Crippen LogP contribution is 2.49. The van der Waals surface area contributed by atoms with Crippen LogP contribution < -0.4 is 5.32 Å². The average molecular weight is 326 g/mol. The molecule has 0 heterocycles. The van der Waals surface area contributed by atoms with Gasteiger partial charge in [0.25, 0.3) is 0 Å². The minimum atomic E-state index is -1.09. The van der Waals surface area contributed by atoms with Crippen LogP contribution in [-0.2, 0) is 15.0 Å². The van der Waals surface area contributed by atoms with Crippen LogP contribution in [0.15, 0.2) is 28.7 Å². The van der Waals surface area contributed by atoms with Crippen molar-refractivity contribution in [3.05, 3.63) is 34.3 Å². The molecule has 102 valence electrons. The van der Waals surface area contributed by atoms with Crippen molar-refractivity contribution in [1.82, 2.24) is 5.32 Å². The average Bonchev–Trinajstić information content (AvgIpc) is 3.16. The van der Waals surface area contributed by atoms with Gasteiger partial charge >= 0.3 is 5.97 Å². The largest absolute Gasteiger partial charge is 0.481 e. The zero-order valence-corrected chi connectivity index (χ0v) is 12.2. The number of carbonyl (C=O) groups excluding carboxylic acids is 1. The summed E-state index contributed by atoms with van der Waals surface area (Å²) in [4.78, 5) is 22.4. The molecule has 1 aromatic carbocycles. The van der Waals surface area contributed by atoms with Gasteiger partial charge in [-0.2, -0.15) is 0 Å². The van der Waals surface area contributed by atoms with E-state index in [1.165, 1.54) is 12.5 Å². The molecule has 1 amide bonds. The summed E-state index contributed by atoms with van der Waals surface area (Å²) in [7, 11) is 0. The highest BCUT2D eigenvalue weighted by molar-refractivity contribution is 9.10. The predicted molar refractivity (Wildman–Crippen MR) is 74.9 cm³/mol. The molecule has 1 aliphatic rings. The molecule has 0 saturated heterocycles. The molecular formula is C14H16BrNO3. The van der Waals surface area contributed by atoms with Crippen LogP contribution in [0, 0.1) is 5.92 Å². The number of halogens is 1. The number of hydrogen-bond acceptors (Lipinski definition) is 2. The summed E-state index contributed by atoms with van der Waals surface area (Å²) < 4.78 is 1.04. The smallest absolute Gasteiger partial charge is 0.315 e. The van der Waals surface area contributed by atoms with Gasteiger partial charge in [0.2, 0.25) is 5.91 Å². The summed E-state index contributed by atoms with van der Waals surface area (Å²) in [6.07, 6.45) is 2.02. The molecular weight excluding hydrogens is 310 g/mol. The highest BCUT2D eigenvalue weighted by Gasteiger charge is 2.45. The summed E-state index contributed by atoms with van der Waals surface area (Å²) in [5.41, 5.74) is 1.15. The predicted octanol–water partition coefficient (Wildman–Crippen LogP) is 2.32. The van der Waals surface area contributed by atoms with Crippen LogP contribution in [0.2, 0.25) is 0 Å². The first kappa shape index (κ1) is 14.1. The first-order chi connectivity index (χ1) is 8.96. The van der Waals surface area contributed by atoms with Gasteiger partial charge in [0.05, 0.1) is 0 Å². The molecule has 0 aromatic heterocycles. The number of carboxylic acid groups (broad SMARTS) is 1. The Morgan fingerprint density at radius 2 is 2.05 bits per heavy atom. The first-order valence-electron chi connectivity index (χ1n) is 6.22. The van der Waals surface area contributed by atoms with E-state index in [-0.39, 0.29) is 5.41 Å². The summed E-state index contributed by atoms with van der Waals surface area (Å²) in [6, 6.07) is 7.96. The molecule has 2 N–H and O–H groups in total. The van der Waals surface area contributed by atoms with Gasteiger partial charge < -0.3 is 10.4 Å². The molecule has 0 spiro atoms. The minimum Gasteiger partial charge on any atom is -0.481 e. The number of rotatable bonds is 5. The standard InChI is InChI=1S/C14H16BrNO3/c1-9(13(18)19)12(17)16-8-14(6-7-14)10-4-2-3-5-11(10)15/h2-5,9H,6-8H2,1H3,(H,16,17)(H,18,19). The lowest BCUT2D eigenvalue weighted by Crippen LogP contribution is -2.38. The lowest BCUT2D eigenvalue weighted by Gasteiger charge is -2.19. The fourth-order valence-corrected chi connectivity index (χ4v) is 2.81. The molecule has 1 aromatic rings. The zero-order valence-electron chi connectivity index (χ0n) is 10.6. The fraction of sp³-hybridized carbons (Fsp3) is 0.429. The number of benzene rings is 1. The molecule has 1 aliphatic carbocycles. The van der Waals surface area contributed by atoms with Gasteiger partial charge in [-0.1, -0.05) is 34.1 Å². The Bertz CT molecular complexity index is 511. The maximum Gasteiger partial charge on any atom is 0.315 e. The maximum atomic E-state index is 11.7. The van der Waals surface area contributed by atoms with Crippen molar-refractivity contribution < 1.29 is 14.7 Å². The Morgan fingerprint density at radius 3 is 2.58 bits per heavy atom. The Morgan fingerprint density at radius 1 is 1.42 bits per heavy atom. The Balaban J connectivity index is 2.02. The second-order valence-corrected chi connectivity index (χ2v) is 5.89. The van der Waals surface area contributed by atoms with Crippen molar-refractivity contribution in [3.8, 4) is 0 Å². The van der Waals surface area contributed by atoms with E-state index in [1.54, 1.807) is 0 Å². The maximum absolute atomic E-state index is 11.7. The van der Waals surface area contributed by atoms with Crippen LogP contribution in [0.4, 0.5) is 0 Å². The highest BCUT2D eigenvalue weighted by atomic mass is 79.9. The van der Waals surface area contributed by atoms with Crippen molar-refractivity contribution in [2.24, 2.45) is 5.92 Å². The normalized spacial score (nSPS) is 17.6. The number of carboxylic acids is 1. The third kappa shape index (κ3) is 2.97. The van der Waals surface area contributed by atoms with Crippen molar-refractivity contribution in [2.45, 2.75) is 25.2 Å². The van der Waals surface area contributed by atoms with Gasteiger partial charge in [-0.25, -0.2) is 0 Å². The topological polar surface area (TPSA) is 66.4 Å². The summed E-state index contributed by atoms with van der Waals surface area (Å²) in [5, 5.41) is 11.5. The van der Waals surface area contributed by atoms with Gasteiger partial charge in [0.1, 0.15) is 5.92 Å². The van der Waals surface area contributed by atoms with E-state index in [9.17, 15) is 9.59 Å². The van der Waals surface area contributed by atoms with Crippen LogP contribution >= 0.6 is 15.9 Å². The number of nitrogens with one attached hydrogen (secondary N) is 1. The van der Waals surface area contributed by atoms with Crippen LogP contribution in [0.3, 0.4) is 0 Å². The van der Waals surface area contributed by atoms with Crippen molar-refractivity contribution in [1.29, 1.82) is 0 Å². The first-order valence-corrected chi connectivity index (χ1v) is 7.01. The summed E-state index contributed by atoms with van der Waals surface area (Å²) >= 11 is 3.52. The van der Waals surface area contributed by atoms with Crippen molar-refractivity contribution in [2.75, 3.05) is 6.54 Å². The molecule has 5 heteroatoms. The van der Waals surface area contributed by atoms with Crippen molar-refractivity contribution >= 4 is 27.8 Å². The lowest BCUT2D eigenvalue weighted by molar-refractivity contribution is -0.146. The van der Waals surface area contributed by atoms with Crippen LogP contribution in [0.5, 0.6) is 0 Å². The molecule has 1 saturated carbocycles. The Hall–Kier alpha value is -1.36. The van der Waals surface area contributed by atoms with Gasteiger partial charge in [-0.05, 0) is 31.4 Å². The molecule has 0 radical (unpaired) electrons. The third-order valence-corrected chi connectivity index (χ3v) is 4.35. The SMILES string of the molecule is CC(C(=O)O)C(=O)NCC1(c2ccccc2Br)CC1. The molecule has 19 heavy (non-hydrogen) atoms. The van der Waals surface area contributed by atoms with Gasteiger partial charge in [0, 0.05) is 16.4 Å². The molecule has 2 rings (SSSR count). The van der Waals surface area contributed by atoms with Crippen LogP contribution in [-0.4, -0.2) is 23.5 Å². The Kier molecular flexibility index (Phi) is 3.94. The van der Waals surface area contributed by atoms with E-state index in [4.69, 9.17) is 5.11 Å². The number of amides is 1. The minimum absolute atomic E-state index is 0.0338. The summed E-state index contributed by atoms with van der Waals surface area (Å²) in [5.74, 6) is -2.52. The Labute approximate surface area is 120 Å². The molecule has 4 nitrogen and oxygen atoms in total. The second-order valence-electron chi connectivity index (χ2n) is 5.04. The van der Waals surface area contributed by atoms with Gasteiger partial charge in [-0.15, -0.1) is 0 Å². The second kappa shape index (κ2) is 5.33. The quantitative estimate of drug-likeness (QED) is 0.816. The molecule has 1 unspecified atom stereocenters. The third-order valence-electron chi connectivity index (χ3n) is 3.66. The molecule has 1 fully saturated rings. The monoisotopic (exact) mass is 325 g/mol. The fourth-order valence-electron chi connectivity index (χ4n) is 2.11. The lowest BCUT2D eigenvalue weighted by atomic mass is 9.95. The van der Waals surface area contributed by atoms with E-state index in [1.807, 2.05) is 24.3 Å². The van der Waals surface area contributed by atoms with Crippen LogP contribution in [0.1, 0.15) is 25.3 Å². The molecule has 0 aliphatic heterocycles. The molecule has 0 bridgehead atoms.